The summed E-state index contributed by atoms with van der Waals surface area (Å²) in [5.74, 6) is 1.78. The molecule has 0 saturated carbocycles. The first kappa shape index (κ1) is 21.0. The largest absolute Gasteiger partial charge is 0.493 e. The lowest BCUT2D eigenvalue weighted by Gasteiger charge is -2.14. The van der Waals surface area contributed by atoms with Crippen LogP contribution in [0.1, 0.15) is 24.2 Å². The minimum atomic E-state index is -0.169. The molecular weight excluding hydrogens is 358 g/mol. The molecule has 1 aromatic carbocycles. The van der Waals surface area contributed by atoms with Gasteiger partial charge < -0.3 is 25.4 Å². The minimum absolute atomic E-state index is 0.169. The zero-order chi connectivity index (χ0) is 20.2. The van der Waals surface area contributed by atoms with E-state index in [9.17, 15) is 4.79 Å². The number of nitrogens with one attached hydrogen (secondary N) is 3. The van der Waals surface area contributed by atoms with Gasteiger partial charge in [0.05, 0.1) is 25.8 Å². The molecule has 0 aliphatic heterocycles. The van der Waals surface area contributed by atoms with Crippen LogP contribution in [0.2, 0.25) is 0 Å². The number of carbonyl (C=O) groups is 1. The van der Waals surface area contributed by atoms with E-state index in [1.807, 2.05) is 32.0 Å². The number of ether oxygens (including phenoxy) is 2. The number of anilines is 1. The lowest BCUT2D eigenvalue weighted by Crippen LogP contribution is -2.32. The van der Waals surface area contributed by atoms with Crippen LogP contribution in [-0.4, -0.2) is 50.2 Å². The lowest BCUT2D eigenvalue weighted by atomic mass is 10.2. The highest BCUT2D eigenvalue weighted by Gasteiger charge is 2.07. The van der Waals surface area contributed by atoms with Gasteiger partial charge in [0.15, 0.2) is 17.5 Å². The van der Waals surface area contributed by atoms with E-state index in [0.29, 0.717) is 49.3 Å². The fraction of sp³-hybridized carbons (Fsp3) is 0.350. The normalized spacial score (nSPS) is 10.9. The molecule has 8 nitrogen and oxygen atoms in total. The summed E-state index contributed by atoms with van der Waals surface area (Å²) in [6, 6.07) is 9.04. The van der Waals surface area contributed by atoms with Crippen LogP contribution >= 0.6 is 0 Å². The third-order valence-corrected chi connectivity index (χ3v) is 3.66. The first-order valence-electron chi connectivity index (χ1n) is 9.22. The van der Waals surface area contributed by atoms with Crippen LogP contribution in [-0.2, 0) is 0 Å². The van der Waals surface area contributed by atoms with Gasteiger partial charge in [0.2, 0.25) is 0 Å². The zero-order valence-corrected chi connectivity index (χ0v) is 16.5. The van der Waals surface area contributed by atoms with E-state index in [1.165, 1.54) is 6.20 Å². The van der Waals surface area contributed by atoms with Crippen LogP contribution in [0, 0.1) is 0 Å². The number of amides is 1. The summed E-state index contributed by atoms with van der Waals surface area (Å²) in [5, 5.41) is 9.22. The Balaban J connectivity index is 1.94. The molecule has 3 N–H and O–H groups in total. The molecule has 150 valence electrons. The molecule has 2 aromatic rings. The molecule has 0 unspecified atom stereocenters. The number of pyridine rings is 1. The van der Waals surface area contributed by atoms with E-state index in [2.05, 4.69) is 25.9 Å². The topological polar surface area (TPSA) is 96.9 Å². The number of rotatable bonds is 9. The summed E-state index contributed by atoms with van der Waals surface area (Å²) >= 11 is 0. The van der Waals surface area contributed by atoms with Crippen molar-refractivity contribution < 1.29 is 14.3 Å². The van der Waals surface area contributed by atoms with Crippen molar-refractivity contribution in [2.24, 2.45) is 4.99 Å². The Labute approximate surface area is 165 Å². The maximum atomic E-state index is 12.0. The molecule has 8 heteroatoms. The van der Waals surface area contributed by atoms with Gasteiger partial charge in [-0.25, -0.2) is 0 Å². The summed E-state index contributed by atoms with van der Waals surface area (Å²) in [6.45, 7) is 6.03. The van der Waals surface area contributed by atoms with E-state index in [4.69, 9.17) is 9.47 Å². The van der Waals surface area contributed by atoms with Gasteiger partial charge in [0.1, 0.15) is 0 Å². The number of nitrogens with zero attached hydrogens (tertiary/aromatic N) is 2. The number of carbonyl (C=O) groups excluding carboxylic acids is 1. The second-order valence-corrected chi connectivity index (χ2v) is 5.68. The molecule has 0 fully saturated rings. The van der Waals surface area contributed by atoms with Crippen molar-refractivity contribution in [1.29, 1.82) is 0 Å². The monoisotopic (exact) mass is 385 g/mol. The fourth-order valence-corrected chi connectivity index (χ4v) is 2.40. The molecule has 1 heterocycles. The summed E-state index contributed by atoms with van der Waals surface area (Å²) in [6.07, 6.45) is 3.16. The Morgan fingerprint density at radius 1 is 1.18 bits per heavy atom. The average molecular weight is 385 g/mol. The highest BCUT2D eigenvalue weighted by molar-refractivity contribution is 5.94. The number of benzene rings is 1. The highest BCUT2D eigenvalue weighted by Crippen LogP contribution is 2.30. The molecule has 0 aliphatic carbocycles. The number of guanidine groups is 1. The Hall–Kier alpha value is -3.29. The van der Waals surface area contributed by atoms with Gasteiger partial charge in [-0.05, 0) is 38.1 Å². The predicted octanol–water partition coefficient (Wildman–Crippen LogP) is 2.30. The summed E-state index contributed by atoms with van der Waals surface area (Å²) < 4.78 is 10.9. The van der Waals surface area contributed by atoms with Crippen molar-refractivity contribution >= 4 is 17.6 Å². The molecule has 1 aromatic heterocycles. The van der Waals surface area contributed by atoms with E-state index in [-0.39, 0.29) is 5.91 Å². The van der Waals surface area contributed by atoms with Crippen LogP contribution < -0.4 is 25.4 Å². The fourth-order valence-electron chi connectivity index (χ4n) is 2.40. The molecule has 0 aliphatic rings. The second kappa shape index (κ2) is 11.4. The molecule has 0 atom stereocenters. The molecule has 2 rings (SSSR count). The van der Waals surface area contributed by atoms with Crippen molar-refractivity contribution in [1.82, 2.24) is 15.6 Å². The smallest absolute Gasteiger partial charge is 0.252 e. The molecule has 28 heavy (non-hydrogen) atoms. The predicted molar refractivity (Wildman–Crippen MR) is 110 cm³/mol. The SMILES string of the molecule is CCNC(=NCCNC(=O)c1cccnc1)Nc1ccc(OCC)c(OC)c1. The molecule has 0 spiro atoms. The number of aliphatic imine (C=N–C) groups is 1. The van der Waals surface area contributed by atoms with Crippen molar-refractivity contribution in [2.45, 2.75) is 13.8 Å². The van der Waals surface area contributed by atoms with E-state index < -0.39 is 0 Å². The van der Waals surface area contributed by atoms with Crippen molar-refractivity contribution in [2.75, 3.05) is 38.7 Å². The van der Waals surface area contributed by atoms with Gasteiger partial charge in [0.25, 0.3) is 5.91 Å². The van der Waals surface area contributed by atoms with E-state index >= 15 is 0 Å². The third-order valence-electron chi connectivity index (χ3n) is 3.66. The lowest BCUT2D eigenvalue weighted by molar-refractivity contribution is 0.0954. The Morgan fingerprint density at radius 3 is 2.71 bits per heavy atom. The molecule has 0 bridgehead atoms. The Morgan fingerprint density at radius 2 is 2.04 bits per heavy atom. The van der Waals surface area contributed by atoms with Gasteiger partial charge in [-0.1, -0.05) is 0 Å². The van der Waals surface area contributed by atoms with Crippen molar-refractivity contribution in [3.05, 3.63) is 48.3 Å². The van der Waals surface area contributed by atoms with E-state index in [0.717, 1.165) is 5.69 Å². The van der Waals surface area contributed by atoms with Gasteiger partial charge in [-0.15, -0.1) is 0 Å². The maximum absolute atomic E-state index is 12.0. The Bertz CT molecular complexity index is 781. The molecule has 0 radical (unpaired) electrons. The van der Waals surface area contributed by atoms with E-state index in [1.54, 1.807) is 25.4 Å². The van der Waals surface area contributed by atoms with Crippen LogP contribution in [0.3, 0.4) is 0 Å². The van der Waals surface area contributed by atoms with Crippen molar-refractivity contribution in [3.63, 3.8) is 0 Å². The third kappa shape index (κ3) is 6.46. The second-order valence-electron chi connectivity index (χ2n) is 5.68. The van der Waals surface area contributed by atoms with Gasteiger partial charge in [-0.2, -0.15) is 0 Å². The van der Waals surface area contributed by atoms with Crippen LogP contribution in [0.5, 0.6) is 11.5 Å². The summed E-state index contributed by atoms with van der Waals surface area (Å²) in [4.78, 5) is 20.4. The number of aromatic nitrogens is 1. The maximum Gasteiger partial charge on any atom is 0.252 e. The molecule has 0 saturated heterocycles. The standard InChI is InChI=1S/C20H27N5O3/c1-4-22-20(24-12-11-23-19(26)15-7-6-10-21-14-15)25-16-8-9-17(28-5-2)18(13-16)27-3/h6-10,13-14H,4-5,11-12H2,1-3H3,(H,23,26)(H2,22,24,25). The van der Waals surface area contributed by atoms with Crippen LogP contribution in [0.25, 0.3) is 0 Å². The minimum Gasteiger partial charge on any atom is -0.493 e. The van der Waals surface area contributed by atoms with Crippen LogP contribution in [0.15, 0.2) is 47.7 Å². The highest BCUT2D eigenvalue weighted by atomic mass is 16.5. The molecule has 1 amide bonds. The van der Waals surface area contributed by atoms with Gasteiger partial charge in [0, 0.05) is 37.2 Å². The summed E-state index contributed by atoms with van der Waals surface area (Å²) in [7, 11) is 1.60. The number of methoxy groups -OCH3 is 1. The zero-order valence-electron chi connectivity index (χ0n) is 16.5. The quantitative estimate of drug-likeness (QED) is 0.348. The Kier molecular flexibility index (Phi) is 8.58. The average Bonchev–Trinajstić information content (AvgIpc) is 2.73. The number of hydrogen-bond donors (Lipinski definition) is 3. The first-order valence-corrected chi connectivity index (χ1v) is 9.22. The first-order chi connectivity index (χ1) is 13.7. The summed E-state index contributed by atoms with van der Waals surface area (Å²) in [5.41, 5.74) is 1.34. The van der Waals surface area contributed by atoms with Gasteiger partial charge in [-0.3, -0.25) is 14.8 Å². The van der Waals surface area contributed by atoms with Crippen LogP contribution in [0.4, 0.5) is 5.69 Å². The van der Waals surface area contributed by atoms with Crippen molar-refractivity contribution in [3.8, 4) is 11.5 Å². The van der Waals surface area contributed by atoms with Gasteiger partial charge >= 0.3 is 0 Å². The number of hydrogen-bond acceptors (Lipinski definition) is 5. The molecular formula is C20H27N5O3.